The lowest BCUT2D eigenvalue weighted by molar-refractivity contribution is 0.127. The summed E-state index contributed by atoms with van der Waals surface area (Å²) < 4.78 is 7.70. The van der Waals surface area contributed by atoms with Gasteiger partial charge in [0.25, 0.3) is 0 Å². The molecule has 98 valence electrons. The Morgan fingerprint density at radius 1 is 1.35 bits per heavy atom. The fourth-order valence-electron chi connectivity index (χ4n) is 2.08. The van der Waals surface area contributed by atoms with Crippen molar-refractivity contribution in [1.82, 2.24) is 9.88 Å². The molecule has 0 aliphatic carbocycles. The van der Waals surface area contributed by atoms with Gasteiger partial charge in [0, 0.05) is 31.6 Å². The van der Waals surface area contributed by atoms with Gasteiger partial charge in [-0.3, -0.25) is 0 Å². The molecule has 1 aromatic heterocycles. The van der Waals surface area contributed by atoms with E-state index in [0.29, 0.717) is 12.0 Å². The molecule has 3 nitrogen and oxygen atoms in total. The number of hydrogen-bond donors (Lipinski definition) is 1. The topological polar surface area (TPSA) is 26.2 Å². The molecule has 3 heteroatoms. The highest BCUT2D eigenvalue weighted by Crippen LogP contribution is 2.21. The highest BCUT2D eigenvalue weighted by molar-refractivity contribution is 5.16. The summed E-state index contributed by atoms with van der Waals surface area (Å²) in [5, 5.41) is 3.36. The van der Waals surface area contributed by atoms with Gasteiger partial charge in [0.2, 0.25) is 0 Å². The predicted octanol–water partition coefficient (Wildman–Crippen LogP) is 2.83. The van der Waals surface area contributed by atoms with Crippen molar-refractivity contribution in [2.45, 2.75) is 39.8 Å². The van der Waals surface area contributed by atoms with Crippen LogP contribution in [0.25, 0.3) is 0 Å². The minimum absolute atomic E-state index is 0.438. The molecule has 1 aromatic rings. The second kappa shape index (κ2) is 7.51. The van der Waals surface area contributed by atoms with Crippen molar-refractivity contribution >= 4 is 0 Å². The molecule has 0 fully saturated rings. The van der Waals surface area contributed by atoms with Crippen molar-refractivity contribution in [3.05, 3.63) is 24.0 Å². The van der Waals surface area contributed by atoms with Crippen LogP contribution < -0.4 is 5.32 Å². The van der Waals surface area contributed by atoms with E-state index >= 15 is 0 Å². The molecule has 0 spiro atoms. The Labute approximate surface area is 105 Å². The van der Waals surface area contributed by atoms with Crippen molar-refractivity contribution in [2.75, 3.05) is 20.3 Å². The smallest absolute Gasteiger partial charge is 0.0645 e. The molecule has 1 rings (SSSR count). The van der Waals surface area contributed by atoms with E-state index in [2.05, 4.69) is 49.1 Å². The molecular weight excluding hydrogens is 212 g/mol. The summed E-state index contributed by atoms with van der Waals surface area (Å²) in [6.45, 7) is 9.21. The summed E-state index contributed by atoms with van der Waals surface area (Å²) in [6, 6.07) is 2.63. The summed E-state index contributed by atoms with van der Waals surface area (Å²) in [5.74, 6) is 0.604. The second-order valence-corrected chi connectivity index (χ2v) is 4.81. The van der Waals surface area contributed by atoms with E-state index in [0.717, 1.165) is 26.2 Å². The minimum Gasteiger partial charge on any atom is -0.380 e. The molecular formula is C14H26N2O. The lowest BCUT2D eigenvalue weighted by Gasteiger charge is -2.18. The molecule has 0 bridgehead atoms. The molecule has 0 amide bonds. The molecule has 0 aliphatic rings. The Bertz CT molecular complexity index is 307. The van der Waals surface area contributed by atoms with Crippen molar-refractivity contribution < 1.29 is 4.74 Å². The Kier molecular flexibility index (Phi) is 6.30. The average molecular weight is 238 g/mol. The van der Waals surface area contributed by atoms with Crippen LogP contribution in [0.2, 0.25) is 0 Å². The molecule has 17 heavy (non-hydrogen) atoms. The van der Waals surface area contributed by atoms with Crippen LogP contribution in [0.3, 0.4) is 0 Å². The van der Waals surface area contributed by atoms with Crippen molar-refractivity contribution in [2.24, 2.45) is 5.92 Å². The number of ether oxygens (including phenoxy) is 1. The summed E-state index contributed by atoms with van der Waals surface area (Å²) in [6.07, 6.45) is 5.44. The summed E-state index contributed by atoms with van der Waals surface area (Å²) in [7, 11) is 2.02. The first-order valence-corrected chi connectivity index (χ1v) is 6.59. The van der Waals surface area contributed by atoms with Gasteiger partial charge in [-0.15, -0.1) is 0 Å². The van der Waals surface area contributed by atoms with Gasteiger partial charge in [-0.05, 0) is 31.0 Å². The third kappa shape index (κ3) is 4.52. The van der Waals surface area contributed by atoms with Crippen LogP contribution in [0, 0.1) is 5.92 Å². The van der Waals surface area contributed by atoms with Crippen LogP contribution in [0.1, 0.15) is 38.8 Å². The molecule has 1 N–H and O–H groups in total. The van der Waals surface area contributed by atoms with Gasteiger partial charge in [0.1, 0.15) is 0 Å². The van der Waals surface area contributed by atoms with Crippen molar-refractivity contribution in [3.63, 3.8) is 0 Å². The van der Waals surface area contributed by atoms with Crippen LogP contribution in [-0.4, -0.2) is 24.8 Å². The highest BCUT2D eigenvalue weighted by atomic mass is 16.5. The molecule has 0 radical (unpaired) electrons. The van der Waals surface area contributed by atoms with Crippen molar-refractivity contribution in [3.8, 4) is 0 Å². The van der Waals surface area contributed by atoms with Crippen LogP contribution >= 0.6 is 0 Å². The number of nitrogens with zero attached hydrogens (tertiary/aromatic N) is 1. The second-order valence-electron chi connectivity index (χ2n) is 4.81. The van der Waals surface area contributed by atoms with Gasteiger partial charge < -0.3 is 14.6 Å². The van der Waals surface area contributed by atoms with Gasteiger partial charge in [-0.25, -0.2) is 0 Å². The molecule has 0 saturated carbocycles. The SMILES string of the molecule is CCCOCCn1ccc(C(NC)C(C)C)c1. The Hall–Kier alpha value is -0.800. The summed E-state index contributed by atoms with van der Waals surface area (Å²) in [4.78, 5) is 0. The van der Waals surface area contributed by atoms with E-state index in [4.69, 9.17) is 4.74 Å². The third-order valence-electron chi connectivity index (χ3n) is 2.95. The third-order valence-corrected chi connectivity index (χ3v) is 2.95. The summed E-state index contributed by atoms with van der Waals surface area (Å²) >= 11 is 0. The van der Waals surface area contributed by atoms with E-state index in [-0.39, 0.29) is 0 Å². The van der Waals surface area contributed by atoms with Gasteiger partial charge in [-0.2, -0.15) is 0 Å². The fraction of sp³-hybridized carbons (Fsp3) is 0.714. The predicted molar refractivity (Wildman–Crippen MR) is 72.2 cm³/mol. The number of hydrogen-bond acceptors (Lipinski definition) is 2. The number of nitrogens with one attached hydrogen (secondary N) is 1. The maximum Gasteiger partial charge on any atom is 0.0645 e. The van der Waals surface area contributed by atoms with Gasteiger partial charge >= 0.3 is 0 Å². The maximum atomic E-state index is 5.49. The molecule has 1 atom stereocenters. The van der Waals surface area contributed by atoms with Gasteiger partial charge in [-0.1, -0.05) is 20.8 Å². The first kappa shape index (κ1) is 14.3. The number of rotatable bonds is 8. The standard InChI is InChI=1S/C14H26N2O/c1-5-9-17-10-8-16-7-6-13(11-16)14(15-4)12(2)3/h6-7,11-12,14-15H,5,8-10H2,1-4H3. The zero-order chi connectivity index (χ0) is 12.7. The van der Waals surface area contributed by atoms with Gasteiger partial charge in [0.15, 0.2) is 0 Å². The quantitative estimate of drug-likeness (QED) is 0.705. The zero-order valence-corrected chi connectivity index (χ0v) is 11.6. The molecule has 0 saturated heterocycles. The van der Waals surface area contributed by atoms with E-state index in [1.165, 1.54) is 5.56 Å². The van der Waals surface area contributed by atoms with Crippen LogP contribution in [-0.2, 0) is 11.3 Å². The zero-order valence-electron chi connectivity index (χ0n) is 11.6. The monoisotopic (exact) mass is 238 g/mol. The molecule has 1 unspecified atom stereocenters. The lowest BCUT2D eigenvalue weighted by atomic mass is 9.99. The number of aromatic nitrogens is 1. The minimum atomic E-state index is 0.438. The Morgan fingerprint density at radius 3 is 2.71 bits per heavy atom. The van der Waals surface area contributed by atoms with Gasteiger partial charge in [0.05, 0.1) is 6.61 Å². The molecule has 0 aromatic carbocycles. The van der Waals surface area contributed by atoms with E-state index < -0.39 is 0 Å². The first-order valence-electron chi connectivity index (χ1n) is 6.59. The van der Waals surface area contributed by atoms with Crippen LogP contribution in [0.4, 0.5) is 0 Å². The highest BCUT2D eigenvalue weighted by Gasteiger charge is 2.14. The van der Waals surface area contributed by atoms with E-state index in [1.54, 1.807) is 0 Å². The van der Waals surface area contributed by atoms with Crippen LogP contribution in [0.15, 0.2) is 18.5 Å². The first-order chi connectivity index (χ1) is 8.19. The normalized spacial score (nSPS) is 13.2. The summed E-state index contributed by atoms with van der Waals surface area (Å²) in [5.41, 5.74) is 1.36. The largest absolute Gasteiger partial charge is 0.380 e. The molecule has 0 aliphatic heterocycles. The lowest BCUT2D eigenvalue weighted by Crippen LogP contribution is -2.21. The van der Waals surface area contributed by atoms with Crippen LogP contribution in [0.5, 0.6) is 0 Å². The Balaban J connectivity index is 2.46. The Morgan fingerprint density at radius 2 is 2.12 bits per heavy atom. The van der Waals surface area contributed by atoms with E-state index in [9.17, 15) is 0 Å². The van der Waals surface area contributed by atoms with Crippen molar-refractivity contribution in [1.29, 1.82) is 0 Å². The van der Waals surface area contributed by atoms with E-state index in [1.807, 2.05) is 7.05 Å². The molecule has 1 heterocycles. The fourth-order valence-corrected chi connectivity index (χ4v) is 2.08. The maximum absolute atomic E-state index is 5.49. The average Bonchev–Trinajstić information content (AvgIpc) is 2.74.